The number of nitrogens with zero attached hydrogens (tertiary/aromatic N) is 3. The number of benzene rings is 1. The molecule has 158 valence electrons. The molecule has 1 aromatic heterocycles. The van der Waals surface area contributed by atoms with Crippen molar-refractivity contribution in [1.82, 2.24) is 14.9 Å². The van der Waals surface area contributed by atoms with E-state index in [1.807, 2.05) is 32.4 Å². The minimum atomic E-state index is -4.18. The highest BCUT2D eigenvalue weighted by Gasteiger charge is 2.23. The second kappa shape index (κ2) is 8.96. The van der Waals surface area contributed by atoms with E-state index < -0.39 is 16.1 Å². The predicted octanol–water partition coefficient (Wildman–Crippen LogP) is 3.95. The standard InChI is InChI=1S/C19H26ClN5O3S/c1-11(2)14-9-13(20)10-15(12(3)4)18(14)21-19(26)24-29(27,28)17-8-7-16(22-23-17)25(5)6/h7-12H,1-6H3,(H2,21,24,26). The van der Waals surface area contributed by atoms with Gasteiger partial charge in [0.15, 0.2) is 10.8 Å². The summed E-state index contributed by atoms with van der Waals surface area (Å²) >= 11 is 6.23. The van der Waals surface area contributed by atoms with E-state index in [0.29, 0.717) is 16.5 Å². The van der Waals surface area contributed by atoms with Crippen LogP contribution >= 0.6 is 11.6 Å². The average molecular weight is 440 g/mol. The quantitative estimate of drug-likeness (QED) is 0.706. The molecule has 29 heavy (non-hydrogen) atoms. The zero-order chi connectivity index (χ0) is 21.9. The number of carbonyl (C=O) groups excluding carboxylic acids is 1. The molecule has 0 bridgehead atoms. The fraction of sp³-hybridized carbons (Fsp3) is 0.421. The summed E-state index contributed by atoms with van der Waals surface area (Å²) in [6, 6.07) is 5.46. The van der Waals surface area contributed by atoms with Crippen molar-refractivity contribution in [3.05, 3.63) is 40.4 Å². The number of nitrogens with one attached hydrogen (secondary N) is 2. The van der Waals surface area contributed by atoms with Crippen molar-refractivity contribution >= 4 is 39.2 Å². The first-order chi connectivity index (χ1) is 13.4. The lowest BCUT2D eigenvalue weighted by Gasteiger charge is -2.21. The highest BCUT2D eigenvalue weighted by molar-refractivity contribution is 7.90. The molecule has 2 amide bonds. The number of hydrogen-bond acceptors (Lipinski definition) is 6. The smallest absolute Gasteiger partial charge is 0.333 e. The lowest BCUT2D eigenvalue weighted by molar-refractivity contribution is 0.256. The maximum absolute atomic E-state index is 12.5. The van der Waals surface area contributed by atoms with Crippen LogP contribution < -0.4 is 14.9 Å². The highest BCUT2D eigenvalue weighted by atomic mass is 35.5. The Kier molecular flexibility index (Phi) is 7.07. The molecule has 0 radical (unpaired) electrons. The number of sulfonamides is 1. The van der Waals surface area contributed by atoms with Crippen molar-refractivity contribution in [1.29, 1.82) is 0 Å². The van der Waals surface area contributed by atoms with Crippen molar-refractivity contribution < 1.29 is 13.2 Å². The van der Waals surface area contributed by atoms with Gasteiger partial charge in [0, 0.05) is 24.8 Å². The van der Waals surface area contributed by atoms with Crippen molar-refractivity contribution in [3.8, 4) is 0 Å². The second-order valence-electron chi connectivity index (χ2n) is 7.45. The van der Waals surface area contributed by atoms with Gasteiger partial charge in [0.2, 0.25) is 0 Å². The van der Waals surface area contributed by atoms with Crippen molar-refractivity contribution in [2.45, 2.75) is 44.6 Å². The predicted molar refractivity (Wildman–Crippen MR) is 115 cm³/mol. The summed E-state index contributed by atoms with van der Waals surface area (Å²) in [5.41, 5.74) is 2.20. The molecule has 8 nitrogen and oxygen atoms in total. The zero-order valence-electron chi connectivity index (χ0n) is 17.3. The van der Waals surface area contributed by atoms with Gasteiger partial charge in [0.05, 0.1) is 0 Å². The van der Waals surface area contributed by atoms with Crippen LogP contribution in [0.3, 0.4) is 0 Å². The van der Waals surface area contributed by atoms with Gasteiger partial charge in [-0.25, -0.2) is 9.52 Å². The molecule has 2 aromatic rings. The Hall–Kier alpha value is -2.39. The van der Waals surface area contributed by atoms with E-state index in [0.717, 1.165) is 11.1 Å². The van der Waals surface area contributed by atoms with Crippen LogP contribution in [0.15, 0.2) is 29.3 Å². The van der Waals surface area contributed by atoms with Crippen LogP contribution in [0, 0.1) is 0 Å². The number of amides is 2. The van der Waals surface area contributed by atoms with Gasteiger partial charge in [-0.3, -0.25) is 0 Å². The van der Waals surface area contributed by atoms with Gasteiger partial charge in [0.25, 0.3) is 10.0 Å². The molecule has 0 fully saturated rings. The van der Waals surface area contributed by atoms with Crippen molar-refractivity contribution in [2.24, 2.45) is 0 Å². The molecule has 2 N–H and O–H groups in total. The van der Waals surface area contributed by atoms with Gasteiger partial charge >= 0.3 is 6.03 Å². The number of urea groups is 1. The van der Waals surface area contributed by atoms with Crippen LogP contribution in [-0.2, 0) is 10.0 Å². The van der Waals surface area contributed by atoms with E-state index in [1.165, 1.54) is 12.1 Å². The first kappa shape index (κ1) is 22.9. The lowest BCUT2D eigenvalue weighted by atomic mass is 9.92. The van der Waals surface area contributed by atoms with E-state index in [4.69, 9.17) is 11.6 Å². The Morgan fingerprint density at radius 3 is 2.00 bits per heavy atom. The van der Waals surface area contributed by atoms with E-state index in [9.17, 15) is 13.2 Å². The second-order valence-corrected chi connectivity index (χ2v) is 9.52. The summed E-state index contributed by atoms with van der Waals surface area (Å²) in [5, 5.41) is 10.4. The molecule has 10 heteroatoms. The monoisotopic (exact) mass is 439 g/mol. The third-order valence-electron chi connectivity index (χ3n) is 4.23. The number of rotatable bonds is 6. The number of halogens is 1. The van der Waals surface area contributed by atoms with Gasteiger partial charge in [-0.15, -0.1) is 10.2 Å². The summed E-state index contributed by atoms with van der Waals surface area (Å²) in [6.45, 7) is 7.88. The molecular formula is C19H26ClN5O3S. The molecule has 0 unspecified atom stereocenters. The van der Waals surface area contributed by atoms with Gasteiger partial charge in [0.1, 0.15) is 0 Å². The Morgan fingerprint density at radius 1 is 1.03 bits per heavy atom. The largest absolute Gasteiger partial charge is 0.361 e. The molecule has 0 saturated carbocycles. The summed E-state index contributed by atoms with van der Waals surface area (Å²) in [7, 11) is -0.660. The van der Waals surface area contributed by atoms with Crippen LogP contribution in [0.5, 0.6) is 0 Å². The lowest BCUT2D eigenvalue weighted by Crippen LogP contribution is -2.35. The van der Waals surface area contributed by atoms with Gasteiger partial charge in [-0.05, 0) is 47.2 Å². The van der Waals surface area contributed by atoms with Gasteiger partial charge in [-0.1, -0.05) is 39.3 Å². The zero-order valence-corrected chi connectivity index (χ0v) is 18.9. The SMILES string of the molecule is CC(C)c1cc(Cl)cc(C(C)C)c1NC(=O)NS(=O)(=O)c1ccc(N(C)C)nn1. The fourth-order valence-corrected chi connectivity index (χ4v) is 3.74. The van der Waals surface area contributed by atoms with Crippen molar-refractivity contribution in [2.75, 3.05) is 24.3 Å². The maximum atomic E-state index is 12.5. The molecule has 0 aliphatic heterocycles. The third-order valence-corrected chi connectivity index (χ3v) is 5.67. The number of anilines is 2. The summed E-state index contributed by atoms with van der Waals surface area (Å²) < 4.78 is 27.0. The first-order valence-electron chi connectivity index (χ1n) is 9.10. The Labute approximate surface area is 176 Å². The molecule has 0 aliphatic carbocycles. The van der Waals surface area contributed by atoms with E-state index >= 15 is 0 Å². The maximum Gasteiger partial charge on any atom is 0.333 e. The van der Waals surface area contributed by atoms with Gasteiger partial charge < -0.3 is 10.2 Å². The van der Waals surface area contributed by atoms with Crippen LogP contribution in [0.4, 0.5) is 16.3 Å². The molecule has 0 saturated heterocycles. The van der Waals surface area contributed by atoms with Crippen LogP contribution in [-0.4, -0.2) is 38.7 Å². The van der Waals surface area contributed by atoms with E-state index in [1.54, 1.807) is 31.1 Å². The molecule has 1 heterocycles. The molecule has 0 aliphatic rings. The van der Waals surface area contributed by atoms with Gasteiger partial charge in [-0.2, -0.15) is 8.42 Å². The summed E-state index contributed by atoms with van der Waals surface area (Å²) in [6.07, 6.45) is 0. The molecule has 0 spiro atoms. The number of hydrogen-bond donors (Lipinski definition) is 2. The molecular weight excluding hydrogens is 414 g/mol. The fourth-order valence-electron chi connectivity index (χ4n) is 2.71. The summed E-state index contributed by atoms with van der Waals surface area (Å²) in [4.78, 5) is 14.2. The third kappa shape index (κ3) is 5.57. The Balaban J connectivity index is 2.30. The Bertz CT molecular complexity index is 960. The normalized spacial score (nSPS) is 11.6. The number of aromatic nitrogens is 2. The van der Waals surface area contributed by atoms with E-state index in [-0.39, 0.29) is 16.9 Å². The van der Waals surface area contributed by atoms with E-state index in [2.05, 4.69) is 15.5 Å². The Morgan fingerprint density at radius 2 is 1.59 bits per heavy atom. The minimum absolute atomic E-state index is 0.0718. The molecule has 1 aromatic carbocycles. The molecule has 2 rings (SSSR count). The van der Waals surface area contributed by atoms with Crippen LogP contribution in [0.25, 0.3) is 0 Å². The van der Waals surface area contributed by atoms with Crippen LogP contribution in [0.1, 0.15) is 50.7 Å². The highest BCUT2D eigenvalue weighted by Crippen LogP contribution is 2.35. The van der Waals surface area contributed by atoms with Crippen LogP contribution in [0.2, 0.25) is 5.02 Å². The number of carbonyl (C=O) groups is 1. The first-order valence-corrected chi connectivity index (χ1v) is 11.0. The minimum Gasteiger partial charge on any atom is -0.361 e. The topological polar surface area (TPSA) is 104 Å². The average Bonchev–Trinajstić information content (AvgIpc) is 2.62. The molecule has 0 atom stereocenters. The summed E-state index contributed by atoms with van der Waals surface area (Å²) in [5.74, 6) is 0.641. The van der Waals surface area contributed by atoms with Crippen molar-refractivity contribution in [3.63, 3.8) is 0 Å².